The number of carbonyl (C=O) groups is 2. The van der Waals surface area contributed by atoms with Crippen molar-refractivity contribution in [2.75, 3.05) is 18.0 Å². The van der Waals surface area contributed by atoms with Crippen molar-refractivity contribution >= 4 is 17.5 Å². The predicted octanol–water partition coefficient (Wildman–Crippen LogP) is 6.35. The van der Waals surface area contributed by atoms with E-state index < -0.39 is 6.04 Å². The Morgan fingerprint density at radius 1 is 0.971 bits per heavy atom. The standard InChI is InChI=1S/C29H37N3O3/c1-4-7-13-22(6-3)29(34)30(18-8-5-2)21-27(33)32-24-15-10-9-14-23(24)31-19-11-16-25(31)28(32)26-17-12-20-35-26/h9-12,14-17,19-20,22,28H,4-8,13,18,21H2,1-3H3. The van der Waals surface area contributed by atoms with Gasteiger partial charge in [-0.3, -0.25) is 14.5 Å². The molecule has 2 aromatic heterocycles. The average Bonchev–Trinajstić information content (AvgIpc) is 3.58. The summed E-state index contributed by atoms with van der Waals surface area (Å²) in [5, 5.41) is 0. The predicted molar refractivity (Wildman–Crippen MR) is 139 cm³/mol. The summed E-state index contributed by atoms with van der Waals surface area (Å²) in [4.78, 5) is 31.3. The number of benzene rings is 1. The number of hydrogen-bond acceptors (Lipinski definition) is 3. The Kier molecular flexibility index (Phi) is 8.11. The first-order chi connectivity index (χ1) is 17.1. The van der Waals surface area contributed by atoms with Crippen LogP contribution < -0.4 is 4.90 Å². The second-order valence-electron chi connectivity index (χ2n) is 9.33. The quantitative estimate of drug-likeness (QED) is 0.325. The van der Waals surface area contributed by atoms with Gasteiger partial charge in [-0.1, -0.05) is 52.2 Å². The normalized spacial score (nSPS) is 15.4. The van der Waals surface area contributed by atoms with Crippen LogP contribution in [0.5, 0.6) is 0 Å². The van der Waals surface area contributed by atoms with Gasteiger partial charge in [0.1, 0.15) is 18.3 Å². The number of furan rings is 1. The first kappa shape index (κ1) is 24.8. The van der Waals surface area contributed by atoms with Crippen LogP contribution in [0.4, 0.5) is 5.69 Å². The third-order valence-electron chi connectivity index (χ3n) is 6.97. The molecule has 0 saturated carbocycles. The number of fused-ring (bicyclic) bond motifs is 3. The van der Waals surface area contributed by atoms with Crippen molar-refractivity contribution in [3.05, 3.63) is 72.4 Å². The Morgan fingerprint density at radius 2 is 1.74 bits per heavy atom. The molecule has 2 unspecified atom stereocenters. The third kappa shape index (κ3) is 5.07. The lowest BCUT2D eigenvalue weighted by Crippen LogP contribution is -2.48. The molecule has 0 N–H and O–H groups in total. The second kappa shape index (κ2) is 11.4. The Labute approximate surface area is 208 Å². The maximum absolute atomic E-state index is 14.1. The van der Waals surface area contributed by atoms with Gasteiger partial charge >= 0.3 is 0 Å². The zero-order valence-corrected chi connectivity index (χ0v) is 21.2. The summed E-state index contributed by atoms with van der Waals surface area (Å²) in [6.45, 7) is 6.99. The smallest absolute Gasteiger partial charge is 0.247 e. The van der Waals surface area contributed by atoms with E-state index in [0.717, 1.165) is 55.6 Å². The molecule has 2 atom stereocenters. The van der Waals surface area contributed by atoms with Gasteiger partial charge in [0.05, 0.1) is 23.3 Å². The Bertz CT molecular complexity index is 1120. The van der Waals surface area contributed by atoms with Crippen molar-refractivity contribution in [2.24, 2.45) is 5.92 Å². The van der Waals surface area contributed by atoms with Crippen molar-refractivity contribution in [3.8, 4) is 5.69 Å². The molecule has 35 heavy (non-hydrogen) atoms. The second-order valence-corrected chi connectivity index (χ2v) is 9.33. The number of rotatable bonds is 11. The van der Waals surface area contributed by atoms with Crippen LogP contribution in [0, 0.1) is 5.92 Å². The minimum atomic E-state index is -0.396. The number of para-hydroxylation sites is 2. The highest BCUT2D eigenvalue weighted by atomic mass is 16.3. The molecule has 0 fully saturated rings. The highest BCUT2D eigenvalue weighted by Crippen LogP contribution is 2.42. The lowest BCUT2D eigenvalue weighted by molar-refractivity contribution is -0.139. The highest BCUT2D eigenvalue weighted by Gasteiger charge is 2.38. The van der Waals surface area contributed by atoms with Gasteiger partial charge in [-0.25, -0.2) is 0 Å². The number of nitrogens with zero attached hydrogens (tertiary/aromatic N) is 3. The van der Waals surface area contributed by atoms with E-state index in [-0.39, 0.29) is 24.3 Å². The first-order valence-electron chi connectivity index (χ1n) is 13.0. The lowest BCUT2D eigenvalue weighted by Gasteiger charge is -2.38. The first-order valence-corrected chi connectivity index (χ1v) is 13.0. The van der Waals surface area contributed by atoms with Crippen LogP contribution in [0.2, 0.25) is 0 Å². The van der Waals surface area contributed by atoms with Crippen molar-refractivity contribution in [3.63, 3.8) is 0 Å². The summed E-state index contributed by atoms with van der Waals surface area (Å²) in [7, 11) is 0. The summed E-state index contributed by atoms with van der Waals surface area (Å²) in [5.74, 6) is 0.673. The third-order valence-corrected chi connectivity index (χ3v) is 6.97. The van der Waals surface area contributed by atoms with Crippen molar-refractivity contribution < 1.29 is 14.0 Å². The minimum Gasteiger partial charge on any atom is -0.467 e. The average molecular weight is 476 g/mol. The van der Waals surface area contributed by atoms with E-state index in [4.69, 9.17) is 4.42 Å². The van der Waals surface area contributed by atoms with Gasteiger partial charge in [-0.2, -0.15) is 0 Å². The van der Waals surface area contributed by atoms with Crippen molar-refractivity contribution in [1.29, 1.82) is 0 Å². The van der Waals surface area contributed by atoms with E-state index >= 15 is 0 Å². The molecule has 6 heteroatoms. The summed E-state index contributed by atoms with van der Waals surface area (Å²) in [5.41, 5.74) is 2.74. The molecule has 0 spiro atoms. The molecule has 1 aliphatic heterocycles. The molecule has 3 aromatic rings. The van der Waals surface area contributed by atoms with Crippen LogP contribution in [-0.2, 0) is 9.59 Å². The molecule has 0 bridgehead atoms. The van der Waals surface area contributed by atoms with Gasteiger partial charge in [-0.15, -0.1) is 0 Å². The lowest BCUT2D eigenvalue weighted by atomic mass is 9.97. The van der Waals surface area contributed by atoms with E-state index in [1.807, 2.05) is 59.6 Å². The van der Waals surface area contributed by atoms with E-state index in [1.54, 1.807) is 11.2 Å². The fourth-order valence-corrected chi connectivity index (χ4v) is 5.04. The van der Waals surface area contributed by atoms with Crippen LogP contribution in [0.3, 0.4) is 0 Å². The Hall–Kier alpha value is -3.28. The van der Waals surface area contributed by atoms with Crippen LogP contribution in [-0.4, -0.2) is 34.4 Å². The van der Waals surface area contributed by atoms with Gasteiger partial charge in [0, 0.05) is 18.7 Å². The number of aromatic nitrogens is 1. The molecule has 0 aliphatic carbocycles. The maximum atomic E-state index is 14.1. The van der Waals surface area contributed by atoms with E-state index in [0.29, 0.717) is 12.3 Å². The fraction of sp³-hybridized carbons (Fsp3) is 0.448. The molecule has 6 nitrogen and oxygen atoms in total. The van der Waals surface area contributed by atoms with Crippen LogP contribution in [0.15, 0.2) is 65.4 Å². The largest absolute Gasteiger partial charge is 0.467 e. The summed E-state index contributed by atoms with van der Waals surface area (Å²) in [6, 6.07) is 15.3. The Balaban J connectivity index is 1.69. The van der Waals surface area contributed by atoms with Gasteiger partial charge in [0.2, 0.25) is 11.8 Å². The van der Waals surface area contributed by atoms with E-state index in [1.165, 1.54) is 0 Å². The van der Waals surface area contributed by atoms with Crippen LogP contribution in [0.1, 0.15) is 76.8 Å². The zero-order chi connectivity index (χ0) is 24.8. The number of unbranched alkanes of at least 4 members (excludes halogenated alkanes) is 2. The molecule has 3 heterocycles. The monoisotopic (exact) mass is 475 g/mol. The summed E-state index contributed by atoms with van der Waals surface area (Å²) in [6.07, 6.45) is 9.26. The molecule has 1 aromatic carbocycles. The molecule has 2 amide bonds. The zero-order valence-electron chi connectivity index (χ0n) is 21.2. The van der Waals surface area contributed by atoms with Gasteiger partial charge in [0.15, 0.2) is 0 Å². The van der Waals surface area contributed by atoms with Gasteiger partial charge in [-0.05, 0) is 55.7 Å². The molecule has 186 valence electrons. The van der Waals surface area contributed by atoms with E-state index in [9.17, 15) is 9.59 Å². The summed E-state index contributed by atoms with van der Waals surface area (Å²) < 4.78 is 7.94. The molecule has 0 saturated heterocycles. The van der Waals surface area contributed by atoms with E-state index in [2.05, 4.69) is 25.3 Å². The summed E-state index contributed by atoms with van der Waals surface area (Å²) >= 11 is 0. The van der Waals surface area contributed by atoms with Crippen LogP contribution in [0.25, 0.3) is 5.69 Å². The van der Waals surface area contributed by atoms with Gasteiger partial charge < -0.3 is 13.9 Å². The van der Waals surface area contributed by atoms with Crippen LogP contribution >= 0.6 is 0 Å². The number of carbonyl (C=O) groups excluding carboxylic acids is 2. The molecule has 1 aliphatic rings. The fourth-order valence-electron chi connectivity index (χ4n) is 5.04. The SMILES string of the molecule is CCCCC(CC)C(=O)N(CCCC)CC(=O)N1c2ccccc2-n2cccc2C1c1ccco1. The Morgan fingerprint density at radius 3 is 2.43 bits per heavy atom. The molecular weight excluding hydrogens is 438 g/mol. The molecule has 0 radical (unpaired) electrons. The highest BCUT2D eigenvalue weighted by molar-refractivity contribution is 6.00. The minimum absolute atomic E-state index is 0.0358. The van der Waals surface area contributed by atoms with Gasteiger partial charge in [0.25, 0.3) is 0 Å². The maximum Gasteiger partial charge on any atom is 0.247 e. The number of anilines is 1. The topological polar surface area (TPSA) is 58.7 Å². The molecule has 4 rings (SSSR count). The van der Waals surface area contributed by atoms with Crippen molar-refractivity contribution in [1.82, 2.24) is 9.47 Å². The molecular formula is C29H37N3O3. The number of hydrogen-bond donors (Lipinski definition) is 0. The number of amides is 2. The van der Waals surface area contributed by atoms with Crippen molar-refractivity contribution in [2.45, 2.75) is 65.3 Å².